The minimum absolute atomic E-state index is 0.464. The monoisotopic (exact) mass is 398 g/mol. The van der Waals surface area contributed by atoms with Gasteiger partial charge in [0, 0.05) is 23.4 Å². The van der Waals surface area contributed by atoms with Crippen LogP contribution in [0.2, 0.25) is 0 Å². The van der Waals surface area contributed by atoms with Gasteiger partial charge in [0.1, 0.15) is 17.3 Å². The molecule has 0 saturated heterocycles. The summed E-state index contributed by atoms with van der Waals surface area (Å²) in [5.41, 5.74) is 3.46. The van der Waals surface area contributed by atoms with Gasteiger partial charge in [0.2, 0.25) is 5.95 Å². The SMILES string of the molecule is COc1cccc(Nc2cc(-c3ccccc3)nc(Nc3ccccc3OC)n2)c1. The molecule has 0 radical (unpaired) electrons. The number of methoxy groups -OCH3 is 2. The summed E-state index contributed by atoms with van der Waals surface area (Å²) in [6.45, 7) is 0. The fraction of sp³-hybridized carbons (Fsp3) is 0.0833. The first kappa shape index (κ1) is 19.3. The van der Waals surface area contributed by atoms with Crippen LogP contribution in [0.25, 0.3) is 11.3 Å². The topological polar surface area (TPSA) is 68.3 Å². The second-order valence-corrected chi connectivity index (χ2v) is 6.51. The van der Waals surface area contributed by atoms with Crippen molar-refractivity contribution in [2.75, 3.05) is 24.9 Å². The highest BCUT2D eigenvalue weighted by atomic mass is 16.5. The number of para-hydroxylation sites is 2. The third-order valence-corrected chi connectivity index (χ3v) is 4.49. The van der Waals surface area contributed by atoms with Crippen molar-refractivity contribution in [1.82, 2.24) is 9.97 Å². The zero-order chi connectivity index (χ0) is 20.8. The summed E-state index contributed by atoms with van der Waals surface area (Å²) in [5, 5.41) is 6.61. The van der Waals surface area contributed by atoms with Gasteiger partial charge >= 0.3 is 0 Å². The van der Waals surface area contributed by atoms with E-state index < -0.39 is 0 Å². The number of aromatic nitrogens is 2. The Morgan fingerprint density at radius 3 is 2.30 bits per heavy atom. The van der Waals surface area contributed by atoms with Gasteiger partial charge in [-0.3, -0.25) is 0 Å². The Morgan fingerprint density at radius 2 is 1.50 bits per heavy atom. The highest BCUT2D eigenvalue weighted by Crippen LogP contribution is 2.29. The van der Waals surface area contributed by atoms with E-state index in [4.69, 9.17) is 14.5 Å². The molecule has 3 aromatic carbocycles. The van der Waals surface area contributed by atoms with Crippen molar-refractivity contribution in [2.24, 2.45) is 0 Å². The minimum Gasteiger partial charge on any atom is -0.497 e. The number of hydrogen-bond donors (Lipinski definition) is 2. The molecule has 0 aliphatic heterocycles. The molecule has 150 valence electrons. The van der Waals surface area contributed by atoms with Crippen LogP contribution in [0, 0.1) is 0 Å². The summed E-state index contributed by atoms with van der Waals surface area (Å²) < 4.78 is 10.8. The summed E-state index contributed by atoms with van der Waals surface area (Å²) in [6, 6.07) is 27.3. The van der Waals surface area contributed by atoms with Crippen molar-refractivity contribution in [2.45, 2.75) is 0 Å². The largest absolute Gasteiger partial charge is 0.497 e. The first-order valence-corrected chi connectivity index (χ1v) is 9.51. The van der Waals surface area contributed by atoms with E-state index in [1.54, 1.807) is 14.2 Å². The van der Waals surface area contributed by atoms with Gasteiger partial charge in [-0.05, 0) is 24.3 Å². The van der Waals surface area contributed by atoms with E-state index in [1.165, 1.54) is 0 Å². The van der Waals surface area contributed by atoms with Crippen LogP contribution < -0.4 is 20.1 Å². The van der Waals surface area contributed by atoms with Crippen molar-refractivity contribution in [3.05, 3.63) is 84.9 Å². The van der Waals surface area contributed by atoms with Crippen LogP contribution in [0.15, 0.2) is 84.9 Å². The van der Waals surface area contributed by atoms with Gasteiger partial charge in [-0.15, -0.1) is 0 Å². The zero-order valence-corrected chi connectivity index (χ0v) is 16.8. The normalized spacial score (nSPS) is 10.3. The van der Waals surface area contributed by atoms with Crippen LogP contribution in [-0.4, -0.2) is 24.2 Å². The van der Waals surface area contributed by atoms with Crippen LogP contribution in [-0.2, 0) is 0 Å². The van der Waals surface area contributed by atoms with E-state index in [2.05, 4.69) is 15.6 Å². The highest BCUT2D eigenvalue weighted by Gasteiger charge is 2.10. The Kier molecular flexibility index (Phi) is 5.75. The molecule has 0 spiro atoms. The molecule has 0 atom stereocenters. The molecule has 2 N–H and O–H groups in total. The molecule has 1 heterocycles. The Morgan fingerprint density at radius 1 is 0.700 bits per heavy atom. The van der Waals surface area contributed by atoms with Gasteiger partial charge in [0.25, 0.3) is 0 Å². The first-order chi connectivity index (χ1) is 14.7. The average Bonchev–Trinajstić information content (AvgIpc) is 2.80. The zero-order valence-electron chi connectivity index (χ0n) is 16.8. The quantitative estimate of drug-likeness (QED) is 0.419. The maximum atomic E-state index is 5.44. The fourth-order valence-electron chi connectivity index (χ4n) is 3.04. The van der Waals surface area contributed by atoms with Crippen LogP contribution in [0.3, 0.4) is 0 Å². The van der Waals surface area contributed by atoms with E-state index in [0.29, 0.717) is 17.5 Å². The number of nitrogens with zero attached hydrogens (tertiary/aromatic N) is 2. The third kappa shape index (κ3) is 4.50. The Balaban J connectivity index is 1.72. The molecule has 0 fully saturated rings. The lowest BCUT2D eigenvalue weighted by Gasteiger charge is -2.13. The number of benzene rings is 3. The molecule has 6 heteroatoms. The molecule has 1 aromatic heterocycles. The van der Waals surface area contributed by atoms with E-state index in [-0.39, 0.29) is 0 Å². The molecule has 4 aromatic rings. The second-order valence-electron chi connectivity index (χ2n) is 6.51. The standard InChI is InChI=1S/C24H22N4O2/c1-29-19-12-8-11-18(15-19)25-23-16-21(17-9-4-3-5-10-17)27-24(28-23)26-20-13-6-7-14-22(20)30-2/h3-16H,1-2H3,(H2,25,26,27,28). The Bertz CT molecular complexity index is 1130. The van der Waals surface area contributed by atoms with Crippen molar-refractivity contribution in [1.29, 1.82) is 0 Å². The molecular formula is C24H22N4O2. The van der Waals surface area contributed by atoms with E-state index in [9.17, 15) is 0 Å². The molecule has 0 aliphatic rings. The summed E-state index contributed by atoms with van der Waals surface area (Å²) in [7, 11) is 3.28. The van der Waals surface area contributed by atoms with Gasteiger partial charge in [0.05, 0.1) is 25.6 Å². The van der Waals surface area contributed by atoms with Crippen molar-refractivity contribution < 1.29 is 9.47 Å². The first-order valence-electron chi connectivity index (χ1n) is 9.51. The maximum Gasteiger partial charge on any atom is 0.229 e. The molecule has 0 saturated carbocycles. The van der Waals surface area contributed by atoms with Crippen LogP contribution in [0.5, 0.6) is 11.5 Å². The predicted octanol–water partition coefficient (Wildman–Crippen LogP) is 5.65. The number of ether oxygens (including phenoxy) is 2. The minimum atomic E-state index is 0.464. The average molecular weight is 398 g/mol. The molecule has 0 unspecified atom stereocenters. The number of nitrogens with one attached hydrogen (secondary N) is 2. The number of hydrogen-bond acceptors (Lipinski definition) is 6. The van der Waals surface area contributed by atoms with Crippen LogP contribution >= 0.6 is 0 Å². The van der Waals surface area contributed by atoms with Gasteiger partial charge in [-0.1, -0.05) is 48.5 Å². The van der Waals surface area contributed by atoms with Crippen LogP contribution in [0.4, 0.5) is 23.1 Å². The van der Waals surface area contributed by atoms with Crippen molar-refractivity contribution in [3.63, 3.8) is 0 Å². The Hall–Kier alpha value is -4.06. The van der Waals surface area contributed by atoms with Gasteiger partial charge in [0.15, 0.2) is 0 Å². The van der Waals surface area contributed by atoms with Gasteiger partial charge in [-0.25, -0.2) is 4.98 Å². The molecule has 0 amide bonds. The predicted molar refractivity (Wildman–Crippen MR) is 120 cm³/mol. The van der Waals surface area contributed by atoms with E-state index >= 15 is 0 Å². The molecular weight excluding hydrogens is 376 g/mol. The number of anilines is 4. The molecule has 4 rings (SSSR count). The Labute approximate surface area is 175 Å². The molecule has 0 bridgehead atoms. The lowest BCUT2D eigenvalue weighted by molar-refractivity contribution is 0.415. The third-order valence-electron chi connectivity index (χ3n) is 4.49. The smallest absolute Gasteiger partial charge is 0.229 e. The fourth-order valence-corrected chi connectivity index (χ4v) is 3.04. The lowest BCUT2D eigenvalue weighted by Crippen LogP contribution is -2.03. The van der Waals surface area contributed by atoms with Crippen LogP contribution in [0.1, 0.15) is 0 Å². The molecule has 0 aliphatic carbocycles. The second kappa shape index (κ2) is 8.96. The van der Waals surface area contributed by atoms with Gasteiger partial charge < -0.3 is 20.1 Å². The van der Waals surface area contributed by atoms with E-state index in [1.807, 2.05) is 84.9 Å². The van der Waals surface area contributed by atoms with Gasteiger partial charge in [-0.2, -0.15) is 4.98 Å². The number of rotatable bonds is 7. The van der Waals surface area contributed by atoms with Crippen molar-refractivity contribution >= 4 is 23.1 Å². The molecule has 6 nitrogen and oxygen atoms in total. The van der Waals surface area contributed by atoms with Crippen molar-refractivity contribution in [3.8, 4) is 22.8 Å². The maximum absolute atomic E-state index is 5.44. The highest BCUT2D eigenvalue weighted by molar-refractivity contribution is 5.70. The summed E-state index contributed by atoms with van der Waals surface area (Å²) in [6.07, 6.45) is 0. The lowest BCUT2D eigenvalue weighted by atomic mass is 10.1. The van der Waals surface area contributed by atoms with E-state index in [0.717, 1.165) is 28.4 Å². The summed E-state index contributed by atoms with van der Waals surface area (Å²) in [5.74, 6) is 2.61. The molecule has 30 heavy (non-hydrogen) atoms. The summed E-state index contributed by atoms with van der Waals surface area (Å²) in [4.78, 5) is 9.36. The summed E-state index contributed by atoms with van der Waals surface area (Å²) >= 11 is 0.